The summed E-state index contributed by atoms with van der Waals surface area (Å²) < 4.78 is 0. The number of phenolic OH excluding ortho intramolecular Hbond substituents is 1. The summed E-state index contributed by atoms with van der Waals surface area (Å²) in [5.41, 5.74) is 0.468. The van der Waals surface area contributed by atoms with Crippen molar-refractivity contribution in [3.63, 3.8) is 0 Å². The number of halogens is 1. The largest absolute Gasteiger partial charge is 0.506 e. The minimum Gasteiger partial charge on any atom is -0.506 e. The molecule has 3 N–H and O–H groups in total. The Labute approximate surface area is 130 Å². The Balaban J connectivity index is 2.12. The Morgan fingerprint density at radius 1 is 1.05 bits per heavy atom. The number of aromatic hydroxyl groups is 1. The van der Waals surface area contributed by atoms with Crippen LogP contribution in [-0.4, -0.2) is 16.9 Å². The normalized spacial score (nSPS) is 9.64. The molecule has 0 aliphatic carbocycles. The lowest BCUT2D eigenvalue weighted by Gasteiger charge is -2.09. The molecule has 0 spiro atoms. The van der Waals surface area contributed by atoms with Gasteiger partial charge in [-0.2, -0.15) is 5.26 Å². The van der Waals surface area contributed by atoms with Crippen molar-refractivity contribution < 1.29 is 14.7 Å². The van der Waals surface area contributed by atoms with Gasteiger partial charge in [-0.15, -0.1) is 0 Å². The molecule has 0 bridgehead atoms. The number of rotatable bonds is 2. The van der Waals surface area contributed by atoms with Crippen LogP contribution >= 0.6 is 11.6 Å². The Kier molecular flexibility index (Phi) is 4.61. The minimum atomic E-state index is -0.995. The zero-order valence-corrected chi connectivity index (χ0v) is 11.9. The van der Waals surface area contributed by atoms with Crippen molar-refractivity contribution in [2.24, 2.45) is 0 Å². The third kappa shape index (κ3) is 3.53. The van der Waals surface area contributed by atoms with E-state index in [0.29, 0.717) is 5.02 Å². The summed E-state index contributed by atoms with van der Waals surface area (Å²) in [6.45, 7) is 0. The SMILES string of the molecule is N#Cc1ccccc1NC(=O)C(=O)Nc1cc(Cl)ccc1O. The maximum Gasteiger partial charge on any atom is 0.314 e. The number of hydrogen-bond donors (Lipinski definition) is 3. The van der Waals surface area contributed by atoms with Gasteiger partial charge in [0.25, 0.3) is 0 Å². The lowest BCUT2D eigenvalue weighted by atomic mass is 10.2. The summed E-state index contributed by atoms with van der Waals surface area (Å²) in [4.78, 5) is 23.7. The van der Waals surface area contributed by atoms with Crippen molar-refractivity contribution >= 4 is 34.8 Å². The molecular weight excluding hydrogens is 306 g/mol. The number of anilines is 2. The fourth-order valence-electron chi connectivity index (χ4n) is 1.66. The topological polar surface area (TPSA) is 102 Å². The fraction of sp³-hybridized carbons (Fsp3) is 0. The summed E-state index contributed by atoms with van der Waals surface area (Å²) in [6.07, 6.45) is 0. The maximum absolute atomic E-state index is 11.8. The van der Waals surface area contributed by atoms with Gasteiger partial charge in [-0.3, -0.25) is 9.59 Å². The van der Waals surface area contributed by atoms with E-state index in [4.69, 9.17) is 16.9 Å². The van der Waals surface area contributed by atoms with Gasteiger partial charge in [0, 0.05) is 5.02 Å². The zero-order valence-electron chi connectivity index (χ0n) is 11.1. The number of nitrogens with one attached hydrogen (secondary N) is 2. The molecule has 2 aromatic carbocycles. The number of carbonyl (C=O) groups excluding carboxylic acids is 2. The molecule has 7 heteroatoms. The zero-order chi connectivity index (χ0) is 16.1. The number of benzene rings is 2. The third-order valence-corrected chi connectivity index (χ3v) is 2.94. The van der Waals surface area contributed by atoms with E-state index in [9.17, 15) is 14.7 Å². The van der Waals surface area contributed by atoms with Crippen molar-refractivity contribution in [2.75, 3.05) is 10.6 Å². The van der Waals surface area contributed by atoms with Gasteiger partial charge in [0.05, 0.1) is 16.9 Å². The summed E-state index contributed by atoms with van der Waals surface area (Å²) in [5.74, 6) is -2.18. The molecule has 0 fully saturated rings. The number of amides is 2. The second kappa shape index (κ2) is 6.61. The van der Waals surface area contributed by atoms with E-state index in [1.54, 1.807) is 12.1 Å². The number of phenols is 1. The minimum absolute atomic E-state index is 0.0150. The predicted molar refractivity (Wildman–Crippen MR) is 81.5 cm³/mol. The first-order valence-corrected chi connectivity index (χ1v) is 6.49. The van der Waals surface area contributed by atoms with Crippen molar-refractivity contribution in [3.8, 4) is 11.8 Å². The molecule has 2 aromatic rings. The van der Waals surface area contributed by atoms with Crippen LogP contribution < -0.4 is 10.6 Å². The Morgan fingerprint density at radius 3 is 2.36 bits per heavy atom. The number of nitrogens with zero attached hydrogens (tertiary/aromatic N) is 1. The molecule has 0 saturated carbocycles. The van der Waals surface area contributed by atoms with E-state index >= 15 is 0 Å². The molecule has 2 amide bonds. The maximum atomic E-state index is 11.8. The molecule has 0 aliphatic rings. The van der Waals surface area contributed by atoms with Crippen LogP contribution in [0.2, 0.25) is 5.02 Å². The molecule has 0 unspecified atom stereocenters. The lowest BCUT2D eigenvalue weighted by Crippen LogP contribution is -2.29. The van der Waals surface area contributed by atoms with Gasteiger partial charge >= 0.3 is 11.8 Å². The van der Waals surface area contributed by atoms with Crippen LogP contribution in [0.1, 0.15) is 5.56 Å². The molecule has 0 heterocycles. The highest BCUT2D eigenvalue weighted by atomic mass is 35.5. The smallest absolute Gasteiger partial charge is 0.314 e. The van der Waals surface area contributed by atoms with Crippen molar-refractivity contribution in [1.29, 1.82) is 5.26 Å². The Bertz CT molecular complexity index is 784. The van der Waals surface area contributed by atoms with Crippen LogP contribution in [0.15, 0.2) is 42.5 Å². The van der Waals surface area contributed by atoms with Gasteiger partial charge in [0.15, 0.2) is 0 Å². The summed E-state index contributed by atoms with van der Waals surface area (Å²) >= 11 is 5.75. The highest BCUT2D eigenvalue weighted by molar-refractivity contribution is 6.44. The molecule has 0 radical (unpaired) electrons. The van der Waals surface area contributed by atoms with Crippen LogP contribution in [0.4, 0.5) is 11.4 Å². The van der Waals surface area contributed by atoms with Crippen LogP contribution in [0.5, 0.6) is 5.75 Å². The lowest BCUT2D eigenvalue weighted by molar-refractivity contribution is -0.133. The van der Waals surface area contributed by atoms with E-state index in [0.717, 1.165) is 0 Å². The first kappa shape index (κ1) is 15.4. The number of nitriles is 1. The third-order valence-electron chi connectivity index (χ3n) is 2.71. The monoisotopic (exact) mass is 315 g/mol. The van der Waals surface area contributed by atoms with Crippen LogP contribution in [0, 0.1) is 11.3 Å². The summed E-state index contributed by atoms with van der Waals surface area (Å²) in [6, 6.07) is 12.2. The van der Waals surface area contributed by atoms with Gasteiger partial charge in [-0.25, -0.2) is 0 Å². The molecule has 0 aromatic heterocycles. The van der Waals surface area contributed by atoms with E-state index in [1.807, 2.05) is 6.07 Å². The van der Waals surface area contributed by atoms with E-state index < -0.39 is 11.8 Å². The standard InChI is InChI=1S/C15H10ClN3O3/c16-10-5-6-13(20)12(7-10)19-15(22)14(21)18-11-4-2-1-3-9(11)8-17/h1-7,20H,(H,18,21)(H,19,22). The second-order valence-electron chi connectivity index (χ2n) is 4.23. The predicted octanol–water partition coefficient (Wildman–Crippen LogP) is 2.49. The molecule has 6 nitrogen and oxygen atoms in total. The molecular formula is C15H10ClN3O3. The van der Waals surface area contributed by atoms with E-state index in [2.05, 4.69) is 10.6 Å². The molecule has 0 saturated heterocycles. The average Bonchev–Trinajstić information content (AvgIpc) is 2.51. The molecule has 0 aliphatic heterocycles. The molecule has 22 heavy (non-hydrogen) atoms. The van der Waals surface area contributed by atoms with Gasteiger partial charge in [0.2, 0.25) is 0 Å². The number of para-hydroxylation sites is 1. The summed E-state index contributed by atoms with van der Waals surface area (Å²) in [7, 11) is 0. The van der Waals surface area contributed by atoms with Crippen LogP contribution in [0.25, 0.3) is 0 Å². The molecule has 0 atom stereocenters. The van der Waals surface area contributed by atoms with Crippen LogP contribution in [0.3, 0.4) is 0 Å². The average molecular weight is 316 g/mol. The highest BCUT2D eigenvalue weighted by Gasteiger charge is 2.17. The first-order valence-electron chi connectivity index (χ1n) is 6.11. The second-order valence-corrected chi connectivity index (χ2v) is 4.66. The van der Waals surface area contributed by atoms with Gasteiger partial charge in [-0.1, -0.05) is 23.7 Å². The van der Waals surface area contributed by atoms with Crippen molar-refractivity contribution in [3.05, 3.63) is 53.1 Å². The van der Waals surface area contributed by atoms with Crippen molar-refractivity contribution in [1.82, 2.24) is 0 Å². The quantitative estimate of drug-likeness (QED) is 0.585. The number of hydrogen-bond acceptors (Lipinski definition) is 4. The van der Waals surface area contributed by atoms with Gasteiger partial charge in [-0.05, 0) is 30.3 Å². The highest BCUT2D eigenvalue weighted by Crippen LogP contribution is 2.26. The van der Waals surface area contributed by atoms with Crippen molar-refractivity contribution in [2.45, 2.75) is 0 Å². The van der Waals surface area contributed by atoms with Gasteiger partial charge in [0.1, 0.15) is 11.8 Å². The molecule has 110 valence electrons. The number of carbonyl (C=O) groups is 2. The summed E-state index contributed by atoms with van der Waals surface area (Å²) in [5, 5.41) is 23.4. The first-order chi connectivity index (χ1) is 10.5. The fourth-order valence-corrected chi connectivity index (χ4v) is 1.83. The van der Waals surface area contributed by atoms with Crippen LogP contribution in [-0.2, 0) is 9.59 Å². The van der Waals surface area contributed by atoms with Gasteiger partial charge < -0.3 is 15.7 Å². The molecule has 2 rings (SSSR count). The Morgan fingerprint density at radius 2 is 1.68 bits per heavy atom. The van der Waals surface area contributed by atoms with E-state index in [1.165, 1.54) is 30.3 Å². The van der Waals surface area contributed by atoms with E-state index in [-0.39, 0.29) is 22.7 Å². The Hall–Kier alpha value is -3.04.